The summed E-state index contributed by atoms with van der Waals surface area (Å²) >= 11 is 0. The lowest BCUT2D eigenvalue weighted by Gasteiger charge is -2.01. The van der Waals surface area contributed by atoms with Gasteiger partial charge in [0.2, 0.25) is 0 Å². The molecule has 1 aliphatic carbocycles. The average molecular weight is 183 g/mol. The van der Waals surface area contributed by atoms with Crippen LogP contribution in [0.5, 0.6) is 0 Å². The molecule has 1 aromatic carbocycles. The molecule has 1 saturated carbocycles. The second-order valence-corrected chi connectivity index (χ2v) is 3.70. The van der Waals surface area contributed by atoms with Crippen molar-refractivity contribution >= 4 is 6.08 Å². The molecule has 0 saturated heterocycles. The van der Waals surface area contributed by atoms with Crippen molar-refractivity contribution in [1.82, 2.24) is 0 Å². The van der Waals surface area contributed by atoms with Gasteiger partial charge in [-0.05, 0) is 24.8 Å². The van der Waals surface area contributed by atoms with E-state index in [-0.39, 0.29) is 5.92 Å². The van der Waals surface area contributed by atoms with Crippen molar-refractivity contribution in [3.63, 3.8) is 0 Å². The van der Waals surface area contributed by atoms with Gasteiger partial charge >= 0.3 is 0 Å². The van der Waals surface area contributed by atoms with E-state index >= 15 is 0 Å². The van der Waals surface area contributed by atoms with Crippen LogP contribution in [0.25, 0.3) is 6.08 Å². The highest BCUT2D eigenvalue weighted by Gasteiger charge is 2.19. The quantitative estimate of drug-likeness (QED) is 0.654. The van der Waals surface area contributed by atoms with Crippen LogP contribution in [0.3, 0.4) is 0 Å². The summed E-state index contributed by atoms with van der Waals surface area (Å²) in [5.41, 5.74) is 2.52. The van der Waals surface area contributed by atoms with Gasteiger partial charge < -0.3 is 0 Å². The number of hydrogen-bond acceptors (Lipinski definition) is 1. The van der Waals surface area contributed by atoms with Crippen LogP contribution in [0.15, 0.2) is 35.9 Å². The van der Waals surface area contributed by atoms with Crippen LogP contribution in [0.2, 0.25) is 0 Å². The molecule has 1 fully saturated rings. The molecule has 0 N–H and O–H groups in total. The Kier molecular flexibility index (Phi) is 2.65. The third kappa shape index (κ3) is 1.85. The van der Waals surface area contributed by atoms with Gasteiger partial charge in [-0.2, -0.15) is 5.26 Å². The smallest absolute Gasteiger partial charge is 0.0700 e. The monoisotopic (exact) mass is 183 g/mol. The fraction of sp³-hybridized carbons (Fsp3) is 0.308. The summed E-state index contributed by atoms with van der Waals surface area (Å²) in [7, 11) is 0. The van der Waals surface area contributed by atoms with E-state index in [0.717, 1.165) is 19.3 Å². The van der Waals surface area contributed by atoms with E-state index in [1.54, 1.807) is 0 Å². The molecule has 14 heavy (non-hydrogen) atoms. The van der Waals surface area contributed by atoms with Crippen LogP contribution in [0.4, 0.5) is 0 Å². The van der Waals surface area contributed by atoms with E-state index in [4.69, 9.17) is 5.26 Å². The molecule has 0 aliphatic heterocycles. The van der Waals surface area contributed by atoms with Gasteiger partial charge in [0, 0.05) is 0 Å². The Labute approximate surface area is 84.7 Å². The third-order valence-corrected chi connectivity index (χ3v) is 2.71. The Balaban J connectivity index is 2.23. The number of benzene rings is 1. The Morgan fingerprint density at radius 3 is 2.79 bits per heavy atom. The summed E-state index contributed by atoms with van der Waals surface area (Å²) < 4.78 is 0. The van der Waals surface area contributed by atoms with Crippen LogP contribution in [0.1, 0.15) is 24.8 Å². The normalized spacial score (nSPS) is 23.6. The van der Waals surface area contributed by atoms with E-state index in [9.17, 15) is 0 Å². The van der Waals surface area contributed by atoms with Crippen molar-refractivity contribution in [3.8, 4) is 6.07 Å². The Morgan fingerprint density at radius 1 is 1.29 bits per heavy atom. The molecule has 70 valence electrons. The fourth-order valence-corrected chi connectivity index (χ4v) is 1.95. The highest BCUT2D eigenvalue weighted by Crippen LogP contribution is 2.31. The van der Waals surface area contributed by atoms with Crippen molar-refractivity contribution in [2.45, 2.75) is 19.3 Å². The maximum absolute atomic E-state index is 8.92. The van der Waals surface area contributed by atoms with E-state index < -0.39 is 0 Å². The maximum Gasteiger partial charge on any atom is 0.0700 e. The highest BCUT2D eigenvalue weighted by atomic mass is 14.3. The van der Waals surface area contributed by atoms with Crippen molar-refractivity contribution in [1.29, 1.82) is 5.26 Å². The lowest BCUT2D eigenvalue weighted by molar-refractivity contribution is 0.779. The summed E-state index contributed by atoms with van der Waals surface area (Å²) in [4.78, 5) is 0. The van der Waals surface area contributed by atoms with Crippen LogP contribution in [-0.4, -0.2) is 0 Å². The van der Waals surface area contributed by atoms with Crippen molar-refractivity contribution < 1.29 is 0 Å². The van der Waals surface area contributed by atoms with Gasteiger partial charge in [0.25, 0.3) is 0 Å². The summed E-state index contributed by atoms with van der Waals surface area (Å²) in [6.07, 6.45) is 5.46. The SMILES string of the molecule is N#CC1CCC/C1=C\c1ccccc1. The summed E-state index contributed by atoms with van der Waals surface area (Å²) in [6.45, 7) is 0. The van der Waals surface area contributed by atoms with Crippen LogP contribution < -0.4 is 0 Å². The first-order valence-electron chi connectivity index (χ1n) is 5.05. The summed E-state index contributed by atoms with van der Waals surface area (Å²) in [5, 5.41) is 8.92. The zero-order chi connectivity index (χ0) is 9.80. The zero-order valence-electron chi connectivity index (χ0n) is 8.11. The van der Waals surface area contributed by atoms with Crippen LogP contribution >= 0.6 is 0 Å². The molecule has 0 aromatic heterocycles. The number of hydrogen-bond donors (Lipinski definition) is 0. The minimum absolute atomic E-state index is 0.162. The van der Waals surface area contributed by atoms with Gasteiger partial charge in [0.1, 0.15) is 0 Å². The molecule has 1 nitrogen and oxygen atoms in total. The van der Waals surface area contributed by atoms with E-state index in [1.165, 1.54) is 11.1 Å². The minimum Gasteiger partial charge on any atom is -0.198 e. The summed E-state index contributed by atoms with van der Waals surface area (Å²) in [5.74, 6) is 0.162. The van der Waals surface area contributed by atoms with Crippen molar-refractivity contribution in [3.05, 3.63) is 41.5 Å². The summed E-state index contributed by atoms with van der Waals surface area (Å²) in [6, 6.07) is 12.6. The van der Waals surface area contributed by atoms with Crippen molar-refractivity contribution in [2.75, 3.05) is 0 Å². The molecule has 0 spiro atoms. The largest absolute Gasteiger partial charge is 0.198 e. The Morgan fingerprint density at radius 2 is 2.07 bits per heavy atom. The molecule has 1 heteroatoms. The number of nitrogens with zero attached hydrogens (tertiary/aromatic N) is 1. The molecule has 0 radical (unpaired) electrons. The first kappa shape index (κ1) is 9.02. The van der Waals surface area contributed by atoms with Gasteiger partial charge in [-0.15, -0.1) is 0 Å². The zero-order valence-corrected chi connectivity index (χ0v) is 8.11. The topological polar surface area (TPSA) is 23.8 Å². The van der Waals surface area contributed by atoms with Crippen LogP contribution in [-0.2, 0) is 0 Å². The van der Waals surface area contributed by atoms with Crippen molar-refractivity contribution in [2.24, 2.45) is 5.92 Å². The average Bonchev–Trinajstić information content (AvgIpc) is 2.67. The molecule has 1 atom stereocenters. The Bertz CT molecular complexity index is 370. The molecular weight excluding hydrogens is 170 g/mol. The molecule has 0 amide bonds. The van der Waals surface area contributed by atoms with E-state index in [1.807, 2.05) is 18.2 Å². The lowest BCUT2D eigenvalue weighted by atomic mass is 10.0. The molecule has 1 aromatic rings. The van der Waals surface area contributed by atoms with Gasteiger partial charge in [-0.1, -0.05) is 42.0 Å². The van der Waals surface area contributed by atoms with Crippen LogP contribution in [0, 0.1) is 17.2 Å². The molecule has 0 bridgehead atoms. The molecule has 1 unspecified atom stereocenters. The van der Waals surface area contributed by atoms with Gasteiger partial charge in [0.05, 0.1) is 12.0 Å². The number of nitriles is 1. The molecular formula is C13H13N. The second-order valence-electron chi connectivity index (χ2n) is 3.70. The standard InChI is InChI=1S/C13H13N/c14-10-13-8-4-7-12(13)9-11-5-2-1-3-6-11/h1-3,5-6,9,13H,4,7-8H2/b12-9+. The molecule has 1 aliphatic rings. The van der Waals surface area contributed by atoms with E-state index in [2.05, 4.69) is 24.3 Å². The molecule has 2 rings (SSSR count). The Hall–Kier alpha value is -1.55. The molecule has 0 heterocycles. The number of rotatable bonds is 1. The number of allylic oxidation sites excluding steroid dienone is 1. The van der Waals surface area contributed by atoms with Gasteiger partial charge in [-0.3, -0.25) is 0 Å². The highest BCUT2D eigenvalue weighted by molar-refractivity contribution is 5.54. The maximum atomic E-state index is 8.92. The minimum atomic E-state index is 0.162. The van der Waals surface area contributed by atoms with Gasteiger partial charge in [0.15, 0.2) is 0 Å². The fourth-order valence-electron chi connectivity index (χ4n) is 1.95. The predicted molar refractivity (Wildman–Crippen MR) is 57.4 cm³/mol. The van der Waals surface area contributed by atoms with Gasteiger partial charge in [-0.25, -0.2) is 0 Å². The third-order valence-electron chi connectivity index (χ3n) is 2.71. The second kappa shape index (κ2) is 4.11. The van der Waals surface area contributed by atoms with E-state index in [0.29, 0.717) is 0 Å². The lowest BCUT2D eigenvalue weighted by Crippen LogP contribution is -1.90. The predicted octanol–water partition coefficient (Wildman–Crippen LogP) is 3.39. The first-order valence-corrected chi connectivity index (χ1v) is 5.05. The first-order chi connectivity index (χ1) is 6.90.